The summed E-state index contributed by atoms with van der Waals surface area (Å²) in [5, 5.41) is 3.08. The van der Waals surface area contributed by atoms with Crippen LogP contribution in [-0.4, -0.2) is 44.1 Å². The lowest BCUT2D eigenvalue weighted by Crippen LogP contribution is -2.34. The van der Waals surface area contributed by atoms with E-state index in [1.807, 2.05) is 7.05 Å². The molecule has 1 atom stereocenters. The number of alkyl halides is 3. The van der Waals surface area contributed by atoms with Crippen molar-refractivity contribution >= 4 is 5.91 Å². The molecule has 4 nitrogen and oxygen atoms in total. The van der Waals surface area contributed by atoms with Crippen LogP contribution in [0, 0.1) is 5.92 Å². The lowest BCUT2D eigenvalue weighted by molar-refractivity contribution is -0.137. The normalized spacial score (nSPS) is 18.5. The van der Waals surface area contributed by atoms with E-state index < -0.39 is 11.7 Å². The maximum Gasteiger partial charge on any atom is 0.416 e. The zero-order chi connectivity index (χ0) is 16.2. The number of hydrogen-bond acceptors (Lipinski definition) is 3. The molecule has 1 saturated heterocycles. The second-order valence-corrected chi connectivity index (χ2v) is 5.36. The first-order chi connectivity index (χ1) is 10.4. The first-order valence-corrected chi connectivity index (χ1v) is 7.12. The number of amides is 1. The highest BCUT2D eigenvalue weighted by Gasteiger charge is 2.30. The highest BCUT2D eigenvalue weighted by molar-refractivity contribution is 5.78. The number of carbonyl (C=O) groups excluding carboxylic acids is 1. The minimum absolute atomic E-state index is 0.140. The van der Waals surface area contributed by atoms with Crippen LogP contribution in [0.1, 0.15) is 12.0 Å². The molecule has 22 heavy (non-hydrogen) atoms. The minimum Gasteiger partial charge on any atom is -0.484 e. The lowest BCUT2D eigenvalue weighted by Gasteiger charge is -2.17. The maximum absolute atomic E-state index is 12.4. The van der Waals surface area contributed by atoms with Crippen molar-refractivity contribution in [2.75, 3.05) is 33.3 Å². The Kier molecular flexibility index (Phi) is 5.28. The second kappa shape index (κ2) is 7.00. The zero-order valence-corrected chi connectivity index (χ0v) is 12.3. The van der Waals surface area contributed by atoms with Gasteiger partial charge in [-0.1, -0.05) is 0 Å². The summed E-state index contributed by atoms with van der Waals surface area (Å²) in [6, 6.07) is 4.34. The Morgan fingerprint density at radius 1 is 1.36 bits per heavy atom. The fourth-order valence-corrected chi connectivity index (χ4v) is 2.49. The van der Waals surface area contributed by atoms with Gasteiger partial charge >= 0.3 is 6.18 Å². The van der Waals surface area contributed by atoms with Gasteiger partial charge in [-0.3, -0.25) is 4.79 Å². The molecule has 7 heteroatoms. The van der Waals surface area contributed by atoms with Crippen molar-refractivity contribution in [2.24, 2.45) is 5.92 Å². The van der Waals surface area contributed by atoms with Crippen LogP contribution in [-0.2, 0) is 11.0 Å². The van der Waals surface area contributed by atoms with E-state index in [-0.39, 0.29) is 18.3 Å². The monoisotopic (exact) mass is 316 g/mol. The quantitative estimate of drug-likeness (QED) is 0.905. The number of likely N-dealkylation sites (tertiary alicyclic amines) is 1. The average Bonchev–Trinajstić information content (AvgIpc) is 2.93. The standard InChI is InChI=1S/C15H19F3N2O2/c1-19-8-11-6-7-20(9-11)14(21)10-22-13-4-2-12(3-5-13)15(16,17)18/h2-5,11,19H,6-10H2,1H3/t11-/m0/s1. The van der Waals surface area contributed by atoms with Gasteiger partial charge in [-0.25, -0.2) is 0 Å². The largest absolute Gasteiger partial charge is 0.484 e. The smallest absolute Gasteiger partial charge is 0.416 e. The van der Waals surface area contributed by atoms with E-state index in [9.17, 15) is 18.0 Å². The Balaban J connectivity index is 1.82. The Labute approximate surface area is 127 Å². The van der Waals surface area contributed by atoms with E-state index in [0.717, 1.165) is 25.1 Å². The SMILES string of the molecule is CNC[C@@H]1CCN(C(=O)COc2ccc(C(F)(F)F)cc2)C1. The molecule has 0 aliphatic carbocycles. The molecule has 1 aliphatic rings. The van der Waals surface area contributed by atoms with Crippen LogP contribution in [0.4, 0.5) is 13.2 Å². The number of rotatable bonds is 5. The molecule has 1 heterocycles. The van der Waals surface area contributed by atoms with Crippen molar-refractivity contribution in [1.29, 1.82) is 0 Å². The number of hydrogen-bond donors (Lipinski definition) is 1. The van der Waals surface area contributed by atoms with Crippen molar-refractivity contribution in [3.63, 3.8) is 0 Å². The predicted octanol–water partition coefficient (Wildman–Crippen LogP) is 2.15. The van der Waals surface area contributed by atoms with Crippen molar-refractivity contribution in [3.05, 3.63) is 29.8 Å². The zero-order valence-electron chi connectivity index (χ0n) is 12.3. The molecule has 0 bridgehead atoms. The van der Waals surface area contributed by atoms with E-state index in [1.165, 1.54) is 12.1 Å². The van der Waals surface area contributed by atoms with Crippen molar-refractivity contribution in [2.45, 2.75) is 12.6 Å². The number of nitrogens with one attached hydrogen (secondary N) is 1. The van der Waals surface area contributed by atoms with Gasteiger partial charge in [-0.2, -0.15) is 13.2 Å². The van der Waals surface area contributed by atoms with Crippen molar-refractivity contribution in [1.82, 2.24) is 10.2 Å². The Hall–Kier alpha value is -1.76. The van der Waals surface area contributed by atoms with E-state index >= 15 is 0 Å². The molecule has 1 aromatic rings. The molecule has 0 unspecified atom stereocenters. The fourth-order valence-electron chi connectivity index (χ4n) is 2.49. The van der Waals surface area contributed by atoms with Crippen LogP contribution in [0.3, 0.4) is 0 Å². The van der Waals surface area contributed by atoms with Crippen LogP contribution in [0.5, 0.6) is 5.75 Å². The average molecular weight is 316 g/mol. The van der Waals surface area contributed by atoms with Crippen LogP contribution in [0.25, 0.3) is 0 Å². The first kappa shape index (κ1) is 16.6. The summed E-state index contributed by atoms with van der Waals surface area (Å²) in [5.74, 6) is 0.561. The summed E-state index contributed by atoms with van der Waals surface area (Å²) in [6.45, 7) is 2.10. The molecule has 1 fully saturated rings. The highest BCUT2D eigenvalue weighted by Crippen LogP contribution is 2.30. The first-order valence-electron chi connectivity index (χ1n) is 7.12. The lowest BCUT2D eigenvalue weighted by atomic mass is 10.1. The topological polar surface area (TPSA) is 41.6 Å². The van der Waals surface area contributed by atoms with E-state index in [2.05, 4.69) is 5.32 Å². The molecule has 1 aliphatic heterocycles. The maximum atomic E-state index is 12.4. The van der Waals surface area contributed by atoms with E-state index in [4.69, 9.17) is 4.74 Å². The number of ether oxygens (including phenoxy) is 1. The van der Waals surface area contributed by atoms with Crippen LogP contribution in [0.15, 0.2) is 24.3 Å². The van der Waals surface area contributed by atoms with Crippen molar-refractivity contribution in [3.8, 4) is 5.75 Å². The highest BCUT2D eigenvalue weighted by atomic mass is 19.4. The summed E-state index contributed by atoms with van der Waals surface area (Å²) >= 11 is 0. The van der Waals surface area contributed by atoms with Gasteiger partial charge in [0.15, 0.2) is 6.61 Å². The summed E-state index contributed by atoms with van der Waals surface area (Å²) in [5.41, 5.74) is -0.736. The Morgan fingerprint density at radius 3 is 2.64 bits per heavy atom. The number of halogens is 3. The summed E-state index contributed by atoms with van der Waals surface area (Å²) in [6.07, 6.45) is -3.42. The molecule has 0 radical (unpaired) electrons. The third kappa shape index (κ3) is 4.37. The van der Waals surface area contributed by atoms with Crippen molar-refractivity contribution < 1.29 is 22.7 Å². The third-order valence-electron chi connectivity index (χ3n) is 3.68. The predicted molar refractivity (Wildman–Crippen MR) is 75.6 cm³/mol. The van der Waals surface area contributed by atoms with Gasteiger partial charge in [0.25, 0.3) is 5.91 Å². The number of benzene rings is 1. The van der Waals surface area contributed by atoms with Crippen LogP contribution >= 0.6 is 0 Å². The van der Waals surface area contributed by atoms with Crippen LogP contribution in [0.2, 0.25) is 0 Å². The summed E-state index contributed by atoms with van der Waals surface area (Å²) < 4.78 is 42.6. The van der Waals surface area contributed by atoms with E-state index in [0.29, 0.717) is 19.0 Å². The minimum atomic E-state index is -4.37. The Morgan fingerprint density at radius 2 is 2.05 bits per heavy atom. The fraction of sp³-hybridized carbons (Fsp3) is 0.533. The van der Waals surface area contributed by atoms with Crippen LogP contribution < -0.4 is 10.1 Å². The molecule has 2 rings (SSSR count). The van der Waals surface area contributed by atoms with Gasteiger partial charge in [0, 0.05) is 13.1 Å². The van der Waals surface area contributed by atoms with Gasteiger partial charge in [-0.05, 0) is 50.2 Å². The molecular formula is C15H19F3N2O2. The van der Waals surface area contributed by atoms with Gasteiger partial charge in [-0.15, -0.1) is 0 Å². The molecule has 0 spiro atoms. The molecule has 122 valence electrons. The van der Waals surface area contributed by atoms with Gasteiger partial charge < -0.3 is 15.0 Å². The van der Waals surface area contributed by atoms with Gasteiger partial charge in [0.05, 0.1) is 5.56 Å². The Bertz CT molecular complexity index is 503. The summed E-state index contributed by atoms with van der Waals surface area (Å²) in [7, 11) is 1.87. The molecule has 1 N–H and O–H groups in total. The summed E-state index contributed by atoms with van der Waals surface area (Å²) in [4.78, 5) is 13.7. The molecular weight excluding hydrogens is 297 g/mol. The van der Waals surface area contributed by atoms with Gasteiger partial charge in [0.1, 0.15) is 5.75 Å². The van der Waals surface area contributed by atoms with E-state index in [1.54, 1.807) is 4.90 Å². The number of nitrogens with zero attached hydrogens (tertiary/aromatic N) is 1. The molecule has 0 aromatic heterocycles. The molecule has 1 amide bonds. The third-order valence-corrected chi connectivity index (χ3v) is 3.68. The van der Waals surface area contributed by atoms with Gasteiger partial charge in [0.2, 0.25) is 0 Å². The number of carbonyl (C=O) groups is 1. The molecule has 1 aromatic carbocycles. The second-order valence-electron chi connectivity index (χ2n) is 5.36. The molecule has 0 saturated carbocycles.